The predicted molar refractivity (Wildman–Crippen MR) is 174 cm³/mol. The van der Waals surface area contributed by atoms with Crippen molar-refractivity contribution in [3.63, 3.8) is 0 Å². The summed E-state index contributed by atoms with van der Waals surface area (Å²) < 4.78 is 43.8. The van der Waals surface area contributed by atoms with Crippen LogP contribution in [0.5, 0.6) is 0 Å². The summed E-state index contributed by atoms with van der Waals surface area (Å²) in [5, 5.41) is 33.3. The number of sulfonamides is 1. The van der Waals surface area contributed by atoms with E-state index in [-0.39, 0.29) is 106 Å². The van der Waals surface area contributed by atoms with E-state index in [1.54, 1.807) is 0 Å². The van der Waals surface area contributed by atoms with Crippen LogP contribution in [0.15, 0.2) is 71.3 Å². The summed E-state index contributed by atoms with van der Waals surface area (Å²) in [6, 6.07) is 13.4. The van der Waals surface area contributed by atoms with Crippen molar-refractivity contribution in [3.8, 4) is 0 Å². The van der Waals surface area contributed by atoms with Crippen LogP contribution < -0.4 is 67.5 Å². The third kappa shape index (κ3) is 11.2. The largest absolute Gasteiger partial charge is 1.00 e. The number of carboxylic acids is 1. The molecule has 5 N–H and O–H groups in total. The molecule has 0 bridgehead atoms. The Bertz CT molecular complexity index is 1570. The van der Waals surface area contributed by atoms with E-state index in [9.17, 15) is 33.0 Å². The average Bonchev–Trinajstić information content (AvgIpc) is 3.66. The molecule has 3 saturated heterocycles. The molecule has 0 unspecified atom stereocenters. The number of fused-ring (bicyclic) bond motifs is 1. The number of carbonyl (C=O) groups is 3. The van der Waals surface area contributed by atoms with Crippen LogP contribution in [-0.4, -0.2) is 109 Å². The number of carboxylic acid groups (broad SMARTS) is 1. The first-order valence-corrected chi connectivity index (χ1v) is 17.4. The second-order valence-electron chi connectivity index (χ2n) is 12.3. The van der Waals surface area contributed by atoms with Gasteiger partial charge in [-0.1, -0.05) is 44.2 Å². The number of nitrogens with two attached hydrogens (primary N) is 1. The molecule has 0 radical (unpaired) electrons. The number of aliphatic hydroxyl groups excluding tert-OH is 2. The van der Waals surface area contributed by atoms with Crippen molar-refractivity contribution >= 4 is 33.7 Å². The molecule has 3 heterocycles. The molecule has 0 spiro atoms. The number of nitrogens with zero attached hydrogens (tertiary/aromatic N) is 2. The van der Waals surface area contributed by atoms with E-state index in [0.717, 1.165) is 10.5 Å². The molecule has 0 aromatic heterocycles. The number of alkyl carbamates (subject to hydrolysis) is 1. The van der Waals surface area contributed by atoms with Crippen molar-refractivity contribution in [1.29, 1.82) is 0 Å². The normalized spacial score (nSPS) is 21.6. The van der Waals surface area contributed by atoms with Crippen LogP contribution in [0.3, 0.4) is 0 Å². The fraction of sp³-hybridized carbons (Fsp3) is 0.485. The van der Waals surface area contributed by atoms with Gasteiger partial charge in [-0.05, 0) is 48.2 Å². The number of β-lactam (4-membered cyclic amide) rings is 1. The van der Waals surface area contributed by atoms with Crippen molar-refractivity contribution < 1.29 is 104 Å². The van der Waals surface area contributed by atoms with Crippen molar-refractivity contribution in [3.05, 3.63) is 72.0 Å². The third-order valence-corrected chi connectivity index (χ3v) is 9.83. The minimum absolute atomic E-state index is 0. The van der Waals surface area contributed by atoms with Gasteiger partial charge in [-0.2, -0.15) is 4.31 Å². The summed E-state index contributed by atoms with van der Waals surface area (Å²) >= 11 is 0. The summed E-state index contributed by atoms with van der Waals surface area (Å²) in [7, 11) is -3.90. The topological polar surface area (TPSA) is 221 Å². The predicted octanol–water partition coefficient (Wildman–Crippen LogP) is -3.02. The number of ether oxygens (including phenoxy) is 3. The molecule has 0 saturated carbocycles. The number of hydrogen-bond donors (Lipinski definition) is 4. The van der Waals surface area contributed by atoms with E-state index in [1.165, 1.54) is 34.6 Å². The van der Waals surface area contributed by atoms with Crippen LogP contribution in [0.2, 0.25) is 0 Å². The fourth-order valence-corrected chi connectivity index (χ4v) is 7.17. The van der Waals surface area contributed by atoms with Gasteiger partial charge in [0.2, 0.25) is 15.9 Å². The van der Waals surface area contributed by atoms with Crippen LogP contribution in [0, 0.1) is 5.92 Å². The van der Waals surface area contributed by atoms with E-state index in [2.05, 4.69) is 5.32 Å². The van der Waals surface area contributed by atoms with E-state index in [1.807, 2.05) is 44.2 Å². The molecule has 2 amide bonds. The first-order chi connectivity index (χ1) is 23.3. The van der Waals surface area contributed by atoms with Crippen LogP contribution >= 0.6 is 0 Å². The van der Waals surface area contributed by atoms with Gasteiger partial charge in [0, 0.05) is 25.2 Å². The molecule has 2 aromatic carbocycles. The van der Waals surface area contributed by atoms with Crippen molar-refractivity contribution in [2.45, 2.75) is 68.5 Å². The van der Waals surface area contributed by atoms with Gasteiger partial charge in [0.25, 0.3) is 0 Å². The summed E-state index contributed by atoms with van der Waals surface area (Å²) in [4.78, 5) is 35.5. The number of rotatable bonds is 13. The Kier molecular flexibility index (Phi) is 16.2. The van der Waals surface area contributed by atoms with E-state index in [4.69, 9.17) is 25.1 Å². The smallest absolute Gasteiger partial charge is 0.547 e. The number of aliphatic hydroxyl groups is 2. The van der Waals surface area contributed by atoms with Crippen LogP contribution in [0.4, 0.5) is 10.5 Å². The summed E-state index contributed by atoms with van der Waals surface area (Å²) in [5.74, 6) is -1.56. The Labute approximate surface area is 334 Å². The van der Waals surface area contributed by atoms with Gasteiger partial charge in [0.15, 0.2) is 6.23 Å². The minimum atomic E-state index is -3.90. The Hall–Kier alpha value is -2.58. The molecule has 2 aromatic rings. The molecule has 3 fully saturated rings. The summed E-state index contributed by atoms with van der Waals surface area (Å²) in [6.45, 7) is 4.34. The Morgan fingerprint density at radius 2 is 1.84 bits per heavy atom. The SMILES string of the molecule is CC(C)CN(C[C@@H](O)[C@H](Cc1ccccc1)NC(=O)O[C@H]1CCOC1)S(=O)(=O)c1ccc(N)cc1.O=C([O-])[C@H]1/C(=C/CO)O[C@@H]2CC(=O)N21.[K+]. The molecule has 268 valence electrons. The zero-order valence-electron chi connectivity index (χ0n) is 28.3. The van der Waals surface area contributed by atoms with Gasteiger partial charge in [-0.15, -0.1) is 0 Å². The number of benzene rings is 2. The second kappa shape index (κ2) is 19.3. The first-order valence-electron chi connectivity index (χ1n) is 15.9. The van der Waals surface area contributed by atoms with Crippen LogP contribution in [0.1, 0.15) is 32.3 Å². The number of aliphatic carboxylic acids is 1. The third-order valence-electron chi connectivity index (χ3n) is 7.99. The monoisotopic (exact) mass is 742 g/mol. The fourth-order valence-electron chi connectivity index (χ4n) is 5.54. The molecule has 5 rings (SSSR count). The van der Waals surface area contributed by atoms with Crippen LogP contribution in [-0.2, 0) is 40.2 Å². The van der Waals surface area contributed by atoms with Gasteiger partial charge in [0.1, 0.15) is 17.9 Å². The molecule has 5 atom stereocenters. The number of nitrogens with one attached hydrogen (secondary N) is 1. The summed E-state index contributed by atoms with van der Waals surface area (Å²) in [5.41, 5.74) is 7.06. The van der Waals surface area contributed by atoms with E-state index >= 15 is 0 Å². The maximum absolute atomic E-state index is 13.4. The average molecular weight is 743 g/mol. The number of carbonyl (C=O) groups excluding carboxylic acids is 3. The maximum Gasteiger partial charge on any atom is 1.00 e. The number of nitrogen functional groups attached to an aromatic ring is 1. The maximum atomic E-state index is 13.4. The molecular formula is C33H43KN4O11S. The summed E-state index contributed by atoms with van der Waals surface area (Å²) in [6.07, 6.45) is -0.367. The number of amides is 2. The Morgan fingerprint density at radius 1 is 1.16 bits per heavy atom. The van der Waals surface area contributed by atoms with Gasteiger partial charge in [-0.3, -0.25) is 9.69 Å². The van der Waals surface area contributed by atoms with Gasteiger partial charge in [-0.25, -0.2) is 13.2 Å². The van der Waals surface area contributed by atoms with E-state index in [0.29, 0.717) is 31.7 Å². The van der Waals surface area contributed by atoms with Gasteiger partial charge < -0.3 is 45.4 Å². The molecule has 0 aliphatic carbocycles. The van der Waals surface area contributed by atoms with Gasteiger partial charge >= 0.3 is 57.5 Å². The zero-order chi connectivity index (χ0) is 35.7. The second-order valence-corrected chi connectivity index (χ2v) is 14.2. The molecule has 3 aliphatic rings. The van der Waals surface area contributed by atoms with Crippen LogP contribution in [0.25, 0.3) is 0 Å². The van der Waals surface area contributed by atoms with Crippen molar-refractivity contribution in [1.82, 2.24) is 14.5 Å². The Morgan fingerprint density at radius 3 is 2.40 bits per heavy atom. The van der Waals surface area contributed by atoms with Gasteiger partial charge in [0.05, 0.1) is 49.3 Å². The number of hydrogen-bond acceptors (Lipinski definition) is 12. The van der Waals surface area contributed by atoms with Crippen molar-refractivity contribution in [2.24, 2.45) is 5.92 Å². The molecule has 17 heteroatoms. The molecular weight excluding hydrogens is 700 g/mol. The quantitative estimate of drug-likeness (QED) is 0.0916. The number of anilines is 1. The first kappa shape index (κ1) is 41.8. The zero-order valence-corrected chi connectivity index (χ0v) is 32.3. The van der Waals surface area contributed by atoms with Crippen molar-refractivity contribution in [2.75, 3.05) is 38.6 Å². The molecule has 15 nitrogen and oxygen atoms in total. The standard InChI is InChI=1S/C25H35N3O6S.C8H9NO5.K/c1-18(2)15-28(35(31,32)22-10-8-20(26)9-11-22)16-24(29)23(14-19-6-4-3-5-7-19)27-25(30)34-21-12-13-33-17-21;10-2-1-4-7(8(12)13)9-5(11)3-6(9)14-4;/h3-11,18,21,23-24,29H,12-17,26H2,1-2H3,(H,27,30);1,6-7,10H,2-3H2,(H,12,13);/q;;+1/p-1/b;4-1-;/t21-,23-,24+;6-,7-;/m01./s1. The van der Waals surface area contributed by atoms with E-state index < -0.39 is 46.5 Å². The molecule has 50 heavy (non-hydrogen) atoms. The minimum Gasteiger partial charge on any atom is -0.547 e. The Balaban J connectivity index is 0.000000375. The molecule has 3 aliphatic heterocycles.